The summed E-state index contributed by atoms with van der Waals surface area (Å²) >= 11 is 0. The summed E-state index contributed by atoms with van der Waals surface area (Å²) in [6.45, 7) is 3.75. The van der Waals surface area contributed by atoms with Gasteiger partial charge >= 0.3 is 0 Å². The Kier molecular flexibility index (Phi) is 4.19. The third kappa shape index (κ3) is 3.07. The summed E-state index contributed by atoms with van der Waals surface area (Å²) in [6.07, 6.45) is 3.28. The van der Waals surface area contributed by atoms with Crippen molar-refractivity contribution >= 4 is 11.8 Å². The Labute approximate surface area is 123 Å². The molecule has 1 fully saturated rings. The molecule has 114 valence electrons. The number of nitrogens with one attached hydrogen (secondary N) is 3. The summed E-state index contributed by atoms with van der Waals surface area (Å²) < 4.78 is 0. The van der Waals surface area contributed by atoms with Crippen molar-refractivity contribution in [2.45, 2.75) is 32.2 Å². The molecule has 0 saturated carbocycles. The number of H-pyrrole nitrogens is 1. The lowest BCUT2D eigenvalue weighted by atomic mass is 10.1. The van der Waals surface area contributed by atoms with Gasteiger partial charge in [0.15, 0.2) is 5.69 Å². The fourth-order valence-electron chi connectivity index (χ4n) is 2.91. The molecule has 0 bridgehead atoms. The average Bonchev–Trinajstić information content (AvgIpc) is 3.10. The molecule has 2 amide bonds. The van der Waals surface area contributed by atoms with Gasteiger partial charge in [0.1, 0.15) is 0 Å². The highest BCUT2D eigenvalue weighted by atomic mass is 16.2. The lowest BCUT2D eigenvalue weighted by Gasteiger charge is -2.15. The van der Waals surface area contributed by atoms with E-state index >= 15 is 0 Å². The Morgan fingerprint density at radius 1 is 1.38 bits per heavy atom. The molecule has 1 aromatic rings. The maximum Gasteiger partial charge on any atom is 0.272 e. The van der Waals surface area contributed by atoms with Gasteiger partial charge in [-0.1, -0.05) is 0 Å². The number of likely N-dealkylation sites (tertiary alicyclic amines) is 1. The standard InChI is InChI=1S/C14H21N5O2/c20-12-3-1-7-19(12)8-2-5-16-14(21)13-10-9-15-6-4-11(10)17-18-13/h15H,1-9H2,(H,16,21)(H,17,18). The van der Waals surface area contributed by atoms with E-state index in [0.29, 0.717) is 25.2 Å². The van der Waals surface area contributed by atoms with Crippen LogP contribution in [0.3, 0.4) is 0 Å². The van der Waals surface area contributed by atoms with Gasteiger partial charge in [-0.3, -0.25) is 14.7 Å². The molecule has 2 aliphatic rings. The average molecular weight is 291 g/mol. The molecule has 0 spiro atoms. The SMILES string of the molecule is O=C(NCCCN1CCCC1=O)c1n[nH]c2c1CNCC2. The zero-order chi connectivity index (χ0) is 14.7. The Balaban J connectivity index is 1.46. The van der Waals surface area contributed by atoms with Crippen molar-refractivity contribution in [3.05, 3.63) is 17.0 Å². The molecular formula is C14H21N5O2. The first-order valence-electron chi connectivity index (χ1n) is 7.58. The highest BCUT2D eigenvalue weighted by molar-refractivity contribution is 5.94. The van der Waals surface area contributed by atoms with Gasteiger partial charge in [0.05, 0.1) is 0 Å². The second-order valence-electron chi connectivity index (χ2n) is 5.55. The minimum absolute atomic E-state index is 0.135. The molecule has 1 aromatic heterocycles. The largest absolute Gasteiger partial charge is 0.351 e. The first-order valence-corrected chi connectivity index (χ1v) is 7.58. The third-order valence-corrected chi connectivity index (χ3v) is 4.08. The van der Waals surface area contributed by atoms with Crippen molar-refractivity contribution in [1.82, 2.24) is 25.7 Å². The van der Waals surface area contributed by atoms with Crippen LogP contribution >= 0.6 is 0 Å². The number of rotatable bonds is 5. The van der Waals surface area contributed by atoms with Crippen molar-refractivity contribution in [3.8, 4) is 0 Å². The maximum absolute atomic E-state index is 12.1. The number of hydrogen-bond acceptors (Lipinski definition) is 4. The molecule has 3 heterocycles. The van der Waals surface area contributed by atoms with Gasteiger partial charge in [-0.2, -0.15) is 5.10 Å². The van der Waals surface area contributed by atoms with Crippen LogP contribution < -0.4 is 10.6 Å². The van der Waals surface area contributed by atoms with Crippen LogP contribution in [-0.4, -0.2) is 53.1 Å². The van der Waals surface area contributed by atoms with E-state index in [2.05, 4.69) is 20.8 Å². The lowest BCUT2D eigenvalue weighted by molar-refractivity contribution is -0.127. The van der Waals surface area contributed by atoms with Gasteiger partial charge < -0.3 is 15.5 Å². The summed E-state index contributed by atoms with van der Waals surface area (Å²) in [7, 11) is 0. The molecule has 3 N–H and O–H groups in total. The molecule has 0 radical (unpaired) electrons. The Bertz CT molecular complexity index is 539. The minimum Gasteiger partial charge on any atom is -0.351 e. The van der Waals surface area contributed by atoms with E-state index in [4.69, 9.17) is 0 Å². The second kappa shape index (κ2) is 6.26. The Morgan fingerprint density at radius 3 is 3.10 bits per heavy atom. The molecule has 0 aliphatic carbocycles. The van der Waals surface area contributed by atoms with Crippen LogP contribution in [0.5, 0.6) is 0 Å². The molecule has 0 aromatic carbocycles. The molecule has 21 heavy (non-hydrogen) atoms. The van der Waals surface area contributed by atoms with Gasteiger partial charge in [-0.05, 0) is 12.8 Å². The number of carbonyl (C=O) groups is 2. The van der Waals surface area contributed by atoms with Crippen LogP contribution in [0.25, 0.3) is 0 Å². The number of nitrogens with zero attached hydrogens (tertiary/aromatic N) is 2. The summed E-state index contributed by atoms with van der Waals surface area (Å²) in [5, 5.41) is 13.2. The van der Waals surface area contributed by atoms with Crippen LogP contribution in [0, 0.1) is 0 Å². The Hall–Kier alpha value is -1.89. The third-order valence-electron chi connectivity index (χ3n) is 4.08. The van der Waals surface area contributed by atoms with Crippen LogP contribution in [0.1, 0.15) is 41.0 Å². The van der Waals surface area contributed by atoms with E-state index in [1.807, 2.05) is 4.90 Å². The fraction of sp³-hybridized carbons (Fsp3) is 0.643. The fourth-order valence-corrected chi connectivity index (χ4v) is 2.91. The summed E-state index contributed by atoms with van der Waals surface area (Å²) in [5.74, 6) is 0.0951. The molecule has 0 unspecified atom stereocenters. The number of amides is 2. The monoisotopic (exact) mass is 291 g/mol. The molecule has 7 nitrogen and oxygen atoms in total. The van der Waals surface area contributed by atoms with E-state index in [1.165, 1.54) is 0 Å². The van der Waals surface area contributed by atoms with Crippen LogP contribution in [0.4, 0.5) is 0 Å². The van der Waals surface area contributed by atoms with Gasteiger partial charge in [0.25, 0.3) is 5.91 Å². The number of aromatic amines is 1. The van der Waals surface area contributed by atoms with Crippen molar-refractivity contribution in [2.75, 3.05) is 26.2 Å². The number of carbonyl (C=O) groups excluding carboxylic acids is 2. The quantitative estimate of drug-likeness (QED) is 0.655. The molecule has 2 aliphatic heterocycles. The topological polar surface area (TPSA) is 90.1 Å². The lowest BCUT2D eigenvalue weighted by Crippen LogP contribution is -2.32. The van der Waals surface area contributed by atoms with Crippen LogP contribution in [-0.2, 0) is 17.8 Å². The smallest absolute Gasteiger partial charge is 0.272 e. The highest BCUT2D eigenvalue weighted by Crippen LogP contribution is 2.15. The summed E-state index contributed by atoms with van der Waals surface area (Å²) in [4.78, 5) is 25.5. The maximum atomic E-state index is 12.1. The summed E-state index contributed by atoms with van der Waals surface area (Å²) in [5.41, 5.74) is 2.53. The van der Waals surface area contributed by atoms with E-state index in [-0.39, 0.29) is 11.8 Å². The predicted octanol–water partition coefficient (Wildman–Crippen LogP) is -0.202. The first kappa shape index (κ1) is 14.1. The predicted molar refractivity (Wildman–Crippen MR) is 76.8 cm³/mol. The van der Waals surface area contributed by atoms with Crippen molar-refractivity contribution in [3.63, 3.8) is 0 Å². The normalized spacial score (nSPS) is 17.9. The molecule has 0 atom stereocenters. The van der Waals surface area contributed by atoms with Gasteiger partial charge in [-0.15, -0.1) is 0 Å². The van der Waals surface area contributed by atoms with E-state index < -0.39 is 0 Å². The number of hydrogen-bond donors (Lipinski definition) is 3. The first-order chi connectivity index (χ1) is 10.3. The zero-order valence-electron chi connectivity index (χ0n) is 12.1. The van der Waals surface area contributed by atoms with Gasteiger partial charge in [0, 0.05) is 56.8 Å². The number of aromatic nitrogens is 2. The zero-order valence-corrected chi connectivity index (χ0v) is 12.1. The van der Waals surface area contributed by atoms with E-state index in [9.17, 15) is 9.59 Å². The number of fused-ring (bicyclic) bond motifs is 1. The summed E-state index contributed by atoms with van der Waals surface area (Å²) in [6, 6.07) is 0. The highest BCUT2D eigenvalue weighted by Gasteiger charge is 2.22. The van der Waals surface area contributed by atoms with Crippen LogP contribution in [0.2, 0.25) is 0 Å². The second-order valence-corrected chi connectivity index (χ2v) is 5.55. The molecule has 7 heteroatoms. The van der Waals surface area contributed by atoms with Crippen molar-refractivity contribution < 1.29 is 9.59 Å². The van der Waals surface area contributed by atoms with E-state index in [0.717, 1.165) is 50.2 Å². The minimum atomic E-state index is -0.135. The molecule has 3 rings (SSSR count). The van der Waals surface area contributed by atoms with Crippen molar-refractivity contribution in [2.24, 2.45) is 0 Å². The van der Waals surface area contributed by atoms with E-state index in [1.54, 1.807) is 0 Å². The van der Waals surface area contributed by atoms with Gasteiger partial charge in [0.2, 0.25) is 5.91 Å². The van der Waals surface area contributed by atoms with Gasteiger partial charge in [-0.25, -0.2) is 0 Å². The van der Waals surface area contributed by atoms with Crippen LogP contribution in [0.15, 0.2) is 0 Å². The molecule has 1 saturated heterocycles. The Morgan fingerprint density at radius 2 is 2.29 bits per heavy atom. The molecular weight excluding hydrogens is 270 g/mol. The van der Waals surface area contributed by atoms with Crippen molar-refractivity contribution in [1.29, 1.82) is 0 Å².